The molecule has 7 N–H and O–H groups in total. The summed E-state index contributed by atoms with van der Waals surface area (Å²) in [5, 5.41) is 13.0. The summed E-state index contributed by atoms with van der Waals surface area (Å²) in [4.78, 5) is 27.4. The first-order valence-corrected chi connectivity index (χ1v) is 8.62. The van der Waals surface area contributed by atoms with Crippen molar-refractivity contribution in [1.29, 1.82) is 0 Å². The van der Waals surface area contributed by atoms with Crippen LogP contribution in [0.25, 0.3) is 10.9 Å². The van der Waals surface area contributed by atoms with E-state index in [0.717, 1.165) is 22.0 Å². The Balaban J connectivity index is 1.66. The predicted molar refractivity (Wildman–Crippen MR) is 103 cm³/mol. The number of carbonyl (C=O) groups is 2. The number of hydrogen-bond acceptors (Lipinski definition) is 4. The standard InChI is InChI=1S/C20H22N4O3/c21-16(10-13-11-23-17-4-2-1-3-15(13)17)20(27)24-18(19(22)26)9-12-5-7-14(25)8-6-12/h1-8,11,16,18,23,25H,9-10,21H2,(H2,22,26)(H,24,27)/t16-,18-/m1/s1. The van der Waals surface area contributed by atoms with Gasteiger partial charge in [0, 0.05) is 23.5 Å². The maximum absolute atomic E-state index is 12.5. The van der Waals surface area contributed by atoms with Crippen LogP contribution in [-0.2, 0) is 22.4 Å². The van der Waals surface area contributed by atoms with Crippen molar-refractivity contribution in [2.24, 2.45) is 11.5 Å². The first-order chi connectivity index (χ1) is 12.9. The molecule has 2 aromatic carbocycles. The van der Waals surface area contributed by atoms with Gasteiger partial charge >= 0.3 is 0 Å². The largest absolute Gasteiger partial charge is 0.508 e. The number of phenols is 1. The van der Waals surface area contributed by atoms with Crippen LogP contribution in [0.1, 0.15) is 11.1 Å². The molecular formula is C20H22N4O3. The fourth-order valence-electron chi connectivity index (χ4n) is 3.00. The molecule has 0 saturated carbocycles. The number of nitrogens with two attached hydrogens (primary N) is 2. The number of hydrogen-bond donors (Lipinski definition) is 5. The lowest BCUT2D eigenvalue weighted by Crippen LogP contribution is -2.51. The van der Waals surface area contributed by atoms with Gasteiger partial charge < -0.3 is 26.9 Å². The zero-order chi connectivity index (χ0) is 19.4. The second-order valence-corrected chi connectivity index (χ2v) is 6.50. The molecule has 0 aliphatic rings. The van der Waals surface area contributed by atoms with E-state index in [2.05, 4.69) is 10.3 Å². The lowest BCUT2D eigenvalue weighted by atomic mass is 10.0. The molecule has 0 bridgehead atoms. The average molecular weight is 366 g/mol. The van der Waals surface area contributed by atoms with Gasteiger partial charge in [-0.15, -0.1) is 0 Å². The Labute approximate surface area is 156 Å². The number of nitrogens with one attached hydrogen (secondary N) is 2. The van der Waals surface area contributed by atoms with Gasteiger partial charge in [-0.05, 0) is 35.7 Å². The van der Waals surface area contributed by atoms with Crippen LogP contribution >= 0.6 is 0 Å². The summed E-state index contributed by atoms with van der Waals surface area (Å²) in [5.74, 6) is -0.960. The summed E-state index contributed by atoms with van der Waals surface area (Å²) >= 11 is 0. The lowest BCUT2D eigenvalue weighted by Gasteiger charge is -2.18. The Morgan fingerprint density at radius 2 is 1.78 bits per heavy atom. The zero-order valence-corrected chi connectivity index (χ0v) is 14.7. The molecule has 0 radical (unpaired) electrons. The molecule has 7 nitrogen and oxygen atoms in total. The number of carbonyl (C=O) groups excluding carboxylic acids is 2. The van der Waals surface area contributed by atoms with E-state index >= 15 is 0 Å². The van der Waals surface area contributed by atoms with Gasteiger partial charge in [0.25, 0.3) is 0 Å². The van der Waals surface area contributed by atoms with Gasteiger partial charge in [-0.2, -0.15) is 0 Å². The van der Waals surface area contributed by atoms with Crippen LogP contribution in [0.3, 0.4) is 0 Å². The Hall–Kier alpha value is -3.32. The highest BCUT2D eigenvalue weighted by molar-refractivity contribution is 5.90. The van der Waals surface area contributed by atoms with Gasteiger partial charge in [0.05, 0.1) is 6.04 Å². The molecule has 0 aliphatic carbocycles. The fraction of sp³-hybridized carbons (Fsp3) is 0.200. The van der Waals surface area contributed by atoms with Crippen molar-refractivity contribution in [3.8, 4) is 5.75 Å². The van der Waals surface area contributed by atoms with Crippen molar-refractivity contribution in [2.75, 3.05) is 0 Å². The maximum Gasteiger partial charge on any atom is 0.240 e. The van der Waals surface area contributed by atoms with Crippen molar-refractivity contribution >= 4 is 22.7 Å². The summed E-state index contributed by atoms with van der Waals surface area (Å²) in [6.45, 7) is 0. The highest BCUT2D eigenvalue weighted by Crippen LogP contribution is 2.19. The molecule has 0 spiro atoms. The van der Waals surface area contributed by atoms with Crippen molar-refractivity contribution in [3.63, 3.8) is 0 Å². The van der Waals surface area contributed by atoms with Crippen molar-refractivity contribution in [1.82, 2.24) is 10.3 Å². The molecule has 1 aromatic heterocycles. The van der Waals surface area contributed by atoms with E-state index in [9.17, 15) is 14.7 Å². The van der Waals surface area contributed by atoms with Crippen LogP contribution in [0.15, 0.2) is 54.7 Å². The Morgan fingerprint density at radius 3 is 2.48 bits per heavy atom. The molecule has 0 aliphatic heterocycles. The lowest BCUT2D eigenvalue weighted by molar-refractivity contribution is -0.128. The summed E-state index contributed by atoms with van der Waals surface area (Å²) in [6.07, 6.45) is 2.39. The second-order valence-electron chi connectivity index (χ2n) is 6.50. The van der Waals surface area contributed by atoms with Crippen LogP contribution in [0.4, 0.5) is 0 Å². The topological polar surface area (TPSA) is 134 Å². The van der Waals surface area contributed by atoms with E-state index in [1.807, 2.05) is 30.5 Å². The minimum Gasteiger partial charge on any atom is -0.508 e. The van der Waals surface area contributed by atoms with E-state index in [4.69, 9.17) is 11.5 Å². The molecule has 0 unspecified atom stereocenters. The molecule has 2 atom stereocenters. The highest BCUT2D eigenvalue weighted by Gasteiger charge is 2.23. The number of benzene rings is 2. The summed E-state index contributed by atoms with van der Waals surface area (Å²) in [5.41, 5.74) is 14.1. The highest BCUT2D eigenvalue weighted by atomic mass is 16.3. The van der Waals surface area contributed by atoms with Crippen molar-refractivity contribution in [3.05, 3.63) is 65.9 Å². The monoisotopic (exact) mass is 366 g/mol. The minimum absolute atomic E-state index is 0.124. The molecule has 0 saturated heterocycles. The molecule has 0 fully saturated rings. The minimum atomic E-state index is -0.879. The van der Waals surface area contributed by atoms with Gasteiger partial charge in [-0.1, -0.05) is 30.3 Å². The maximum atomic E-state index is 12.5. The van der Waals surface area contributed by atoms with Crippen LogP contribution in [-0.4, -0.2) is 34.0 Å². The first-order valence-electron chi connectivity index (χ1n) is 8.62. The molecule has 3 rings (SSSR count). The number of amides is 2. The van der Waals surface area contributed by atoms with Crippen LogP contribution in [0.5, 0.6) is 5.75 Å². The number of rotatable bonds is 7. The fourth-order valence-corrected chi connectivity index (χ4v) is 3.00. The number of phenolic OH excluding ortho intramolecular Hbond substituents is 1. The number of primary amides is 1. The van der Waals surface area contributed by atoms with E-state index in [-0.39, 0.29) is 12.2 Å². The van der Waals surface area contributed by atoms with Gasteiger partial charge in [-0.3, -0.25) is 9.59 Å². The summed E-state index contributed by atoms with van der Waals surface area (Å²) < 4.78 is 0. The predicted octanol–water partition coefficient (Wildman–Crippen LogP) is 0.956. The summed E-state index contributed by atoms with van der Waals surface area (Å²) in [7, 11) is 0. The van der Waals surface area contributed by atoms with Gasteiger partial charge in [0.1, 0.15) is 11.8 Å². The van der Waals surface area contributed by atoms with Gasteiger partial charge in [0.15, 0.2) is 0 Å². The number of H-pyrrole nitrogens is 1. The number of aromatic hydroxyl groups is 1. The third kappa shape index (κ3) is 4.45. The second kappa shape index (κ2) is 7.92. The van der Waals surface area contributed by atoms with E-state index in [1.54, 1.807) is 12.1 Å². The van der Waals surface area contributed by atoms with Crippen LogP contribution in [0, 0.1) is 0 Å². The SMILES string of the molecule is NC(=O)[C@@H](Cc1ccc(O)cc1)NC(=O)[C@H](N)Cc1c[nH]c2ccccc12. The van der Waals surface area contributed by atoms with E-state index in [0.29, 0.717) is 6.42 Å². The molecule has 1 heterocycles. The third-order valence-corrected chi connectivity index (χ3v) is 4.49. The number of fused-ring (bicyclic) bond motifs is 1. The Kier molecular flexibility index (Phi) is 5.42. The molecule has 3 aromatic rings. The van der Waals surface area contributed by atoms with Crippen LogP contribution in [0.2, 0.25) is 0 Å². The normalized spacial score (nSPS) is 13.2. The molecule has 140 valence electrons. The smallest absolute Gasteiger partial charge is 0.240 e. The van der Waals surface area contributed by atoms with Crippen LogP contribution < -0.4 is 16.8 Å². The van der Waals surface area contributed by atoms with Crippen molar-refractivity contribution in [2.45, 2.75) is 24.9 Å². The number of para-hydroxylation sites is 1. The molecule has 27 heavy (non-hydrogen) atoms. The Bertz CT molecular complexity index is 949. The van der Waals surface area contributed by atoms with Gasteiger partial charge in [0.2, 0.25) is 11.8 Å². The third-order valence-electron chi connectivity index (χ3n) is 4.49. The van der Waals surface area contributed by atoms with Crippen molar-refractivity contribution < 1.29 is 14.7 Å². The Morgan fingerprint density at radius 1 is 1.07 bits per heavy atom. The zero-order valence-electron chi connectivity index (χ0n) is 14.7. The molecule has 7 heteroatoms. The average Bonchev–Trinajstić information content (AvgIpc) is 3.05. The molecule has 2 amide bonds. The first kappa shape index (κ1) is 18.5. The molecular weight excluding hydrogens is 344 g/mol. The number of aromatic nitrogens is 1. The quantitative estimate of drug-likeness (QED) is 0.426. The van der Waals surface area contributed by atoms with E-state index in [1.165, 1.54) is 12.1 Å². The summed E-state index contributed by atoms with van der Waals surface area (Å²) in [6, 6.07) is 12.4. The number of aromatic amines is 1. The van der Waals surface area contributed by atoms with Gasteiger partial charge in [-0.25, -0.2) is 0 Å². The van der Waals surface area contributed by atoms with E-state index < -0.39 is 23.9 Å².